The van der Waals surface area contributed by atoms with Crippen LogP contribution in [0.3, 0.4) is 0 Å². The van der Waals surface area contributed by atoms with Crippen molar-refractivity contribution in [3.63, 3.8) is 0 Å². The van der Waals surface area contributed by atoms with Crippen molar-refractivity contribution >= 4 is 5.97 Å². The molecule has 1 fully saturated rings. The number of carboxylic acids is 1. The Morgan fingerprint density at radius 2 is 2.06 bits per heavy atom. The maximum Gasteiger partial charge on any atom is 0.320 e. The van der Waals surface area contributed by atoms with E-state index >= 15 is 0 Å². The molecule has 0 aromatic rings. The Balaban J connectivity index is 2.74. The fraction of sp³-hybridized carbons (Fsp3) is 0.929. The lowest BCUT2D eigenvalue weighted by atomic mass is 9.70. The van der Waals surface area contributed by atoms with Crippen molar-refractivity contribution in [1.29, 1.82) is 0 Å². The second kappa shape index (κ2) is 5.38. The average Bonchev–Trinajstić information content (AvgIpc) is 2.14. The van der Waals surface area contributed by atoms with E-state index in [1.54, 1.807) is 0 Å². The fourth-order valence-electron chi connectivity index (χ4n) is 3.50. The van der Waals surface area contributed by atoms with Crippen molar-refractivity contribution < 1.29 is 9.90 Å². The fourth-order valence-corrected chi connectivity index (χ4v) is 3.50. The molecule has 0 radical (unpaired) electrons. The van der Waals surface area contributed by atoms with Gasteiger partial charge in [0.15, 0.2) is 0 Å². The Hall–Kier alpha value is -0.570. The Morgan fingerprint density at radius 1 is 1.47 bits per heavy atom. The van der Waals surface area contributed by atoms with Crippen LogP contribution in [0.1, 0.15) is 53.4 Å². The predicted molar refractivity (Wildman–Crippen MR) is 70.1 cm³/mol. The summed E-state index contributed by atoms with van der Waals surface area (Å²) in [5, 5.41) is 9.23. The van der Waals surface area contributed by atoms with Crippen LogP contribution in [0.4, 0.5) is 0 Å². The van der Waals surface area contributed by atoms with Crippen LogP contribution in [0.5, 0.6) is 0 Å². The van der Waals surface area contributed by atoms with Crippen molar-refractivity contribution in [2.24, 2.45) is 11.3 Å². The maximum atomic E-state index is 11.2. The van der Waals surface area contributed by atoms with Crippen LogP contribution in [0.25, 0.3) is 0 Å². The summed E-state index contributed by atoms with van der Waals surface area (Å²) in [5.41, 5.74) is 0.341. The Kier molecular flexibility index (Phi) is 4.59. The van der Waals surface area contributed by atoms with E-state index in [-0.39, 0.29) is 6.04 Å². The minimum atomic E-state index is -0.689. The van der Waals surface area contributed by atoms with Gasteiger partial charge in [-0.15, -0.1) is 0 Å². The molecule has 17 heavy (non-hydrogen) atoms. The van der Waals surface area contributed by atoms with Gasteiger partial charge in [-0.3, -0.25) is 9.69 Å². The molecule has 0 aromatic carbocycles. The molecule has 1 aliphatic rings. The van der Waals surface area contributed by atoms with Crippen LogP contribution in [0.2, 0.25) is 0 Å². The van der Waals surface area contributed by atoms with Gasteiger partial charge in [0.25, 0.3) is 0 Å². The first-order valence-electron chi connectivity index (χ1n) is 6.71. The first-order valence-corrected chi connectivity index (χ1v) is 6.71. The van der Waals surface area contributed by atoms with E-state index in [0.29, 0.717) is 23.8 Å². The van der Waals surface area contributed by atoms with Crippen molar-refractivity contribution in [2.45, 2.75) is 65.5 Å². The van der Waals surface area contributed by atoms with Crippen LogP contribution in [0.15, 0.2) is 0 Å². The number of rotatable bonds is 4. The van der Waals surface area contributed by atoms with Gasteiger partial charge in [-0.2, -0.15) is 0 Å². The Morgan fingerprint density at radius 3 is 2.47 bits per heavy atom. The molecule has 1 N–H and O–H groups in total. The lowest BCUT2D eigenvalue weighted by molar-refractivity contribution is -0.144. The standard InChI is InChI=1S/C14H27NO2/c1-6-12(13(16)17)15(5)11-7-10(2)8-14(3,4)9-11/h10-12H,6-9H2,1-5H3,(H,16,17). The molecular formula is C14H27NO2. The largest absolute Gasteiger partial charge is 0.480 e. The van der Waals surface area contributed by atoms with Gasteiger partial charge in [0.1, 0.15) is 6.04 Å². The van der Waals surface area contributed by atoms with E-state index in [2.05, 4.69) is 25.7 Å². The summed E-state index contributed by atoms with van der Waals surface area (Å²) in [7, 11) is 1.97. The molecule has 1 saturated carbocycles. The lowest BCUT2D eigenvalue weighted by Gasteiger charge is -2.44. The molecule has 0 aliphatic heterocycles. The molecular weight excluding hydrogens is 214 g/mol. The van der Waals surface area contributed by atoms with E-state index < -0.39 is 5.97 Å². The SMILES string of the molecule is CCC(C(=O)O)N(C)C1CC(C)CC(C)(C)C1. The van der Waals surface area contributed by atoms with Crippen molar-refractivity contribution in [3.8, 4) is 0 Å². The van der Waals surface area contributed by atoms with E-state index in [1.807, 2.05) is 14.0 Å². The highest BCUT2D eigenvalue weighted by Gasteiger charge is 2.36. The van der Waals surface area contributed by atoms with E-state index in [1.165, 1.54) is 6.42 Å². The van der Waals surface area contributed by atoms with Crippen LogP contribution in [-0.4, -0.2) is 35.1 Å². The number of likely N-dealkylation sites (N-methyl/N-ethyl adjacent to an activating group) is 1. The maximum absolute atomic E-state index is 11.2. The van der Waals surface area contributed by atoms with Gasteiger partial charge in [-0.1, -0.05) is 27.7 Å². The third-order valence-electron chi connectivity index (χ3n) is 4.10. The summed E-state index contributed by atoms with van der Waals surface area (Å²) < 4.78 is 0. The van der Waals surface area contributed by atoms with Gasteiger partial charge in [0.2, 0.25) is 0 Å². The average molecular weight is 241 g/mol. The van der Waals surface area contributed by atoms with Crippen LogP contribution < -0.4 is 0 Å². The first-order chi connectivity index (χ1) is 7.76. The molecule has 3 unspecified atom stereocenters. The quantitative estimate of drug-likeness (QED) is 0.822. The molecule has 0 spiro atoms. The van der Waals surface area contributed by atoms with Gasteiger partial charge in [-0.25, -0.2) is 0 Å². The molecule has 100 valence electrons. The Bertz CT molecular complexity index is 275. The van der Waals surface area contributed by atoms with Crippen molar-refractivity contribution in [3.05, 3.63) is 0 Å². The molecule has 3 heteroatoms. The van der Waals surface area contributed by atoms with Gasteiger partial charge in [0, 0.05) is 6.04 Å². The van der Waals surface area contributed by atoms with Gasteiger partial charge in [-0.05, 0) is 44.1 Å². The zero-order valence-corrected chi connectivity index (χ0v) is 11.9. The number of hydrogen-bond acceptors (Lipinski definition) is 2. The molecule has 0 amide bonds. The number of nitrogens with zero attached hydrogens (tertiary/aromatic N) is 1. The molecule has 0 aromatic heterocycles. The second-order valence-electron chi connectivity index (χ2n) is 6.49. The lowest BCUT2D eigenvalue weighted by Crippen LogP contribution is -2.48. The third kappa shape index (κ3) is 3.70. The summed E-state index contributed by atoms with van der Waals surface area (Å²) >= 11 is 0. The molecule has 0 heterocycles. The zero-order valence-electron chi connectivity index (χ0n) is 11.9. The van der Waals surface area contributed by atoms with Gasteiger partial charge >= 0.3 is 5.97 Å². The normalized spacial score (nSPS) is 30.2. The highest BCUT2D eigenvalue weighted by atomic mass is 16.4. The topological polar surface area (TPSA) is 40.5 Å². The number of hydrogen-bond donors (Lipinski definition) is 1. The van der Waals surface area contributed by atoms with Gasteiger partial charge in [0.05, 0.1) is 0 Å². The molecule has 1 aliphatic carbocycles. The molecule has 0 bridgehead atoms. The number of aliphatic carboxylic acids is 1. The zero-order chi connectivity index (χ0) is 13.2. The smallest absolute Gasteiger partial charge is 0.320 e. The van der Waals surface area contributed by atoms with Crippen LogP contribution in [-0.2, 0) is 4.79 Å². The summed E-state index contributed by atoms with van der Waals surface area (Å²) in [6.45, 7) is 8.83. The van der Waals surface area contributed by atoms with E-state index in [4.69, 9.17) is 0 Å². The van der Waals surface area contributed by atoms with Crippen molar-refractivity contribution in [1.82, 2.24) is 4.90 Å². The van der Waals surface area contributed by atoms with E-state index in [9.17, 15) is 9.90 Å². The molecule has 1 rings (SSSR count). The second-order valence-corrected chi connectivity index (χ2v) is 6.49. The third-order valence-corrected chi connectivity index (χ3v) is 4.10. The minimum absolute atomic E-state index is 0.332. The first kappa shape index (κ1) is 14.5. The summed E-state index contributed by atoms with van der Waals surface area (Å²) in [4.78, 5) is 13.3. The Labute approximate surface area is 105 Å². The highest BCUT2D eigenvalue weighted by molar-refractivity contribution is 5.73. The summed E-state index contributed by atoms with van der Waals surface area (Å²) in [6, 6.07) is 0.0795. The van der Waals surface area contributed by atoms with Crippen molar-refractivity contribution in [2.75, 3.05) is 7.05 Å². The molecule has 3 atom stereocenters. The number of carboxylic acid groups (broad SMARTS) is 1. The monoisotopic (exact) mass is 241 g/mol. The summed E-state index contributed by atoms with van der Waals surface area (Å²) in [6.07, 6.45) is 4.17. The molecule has 3 nitrogen and oxygen atoms in total. The van der Waals surface area contributed by atoms with Crippen LogP contribution in [0, 0.1) is 11.3 Å². The van der Waals surface area contributed by atoms with Crippen LogP contribution >= 0.6 is 0 Å². The minimum Gasteiger partial charge on any atom is -0.480 e. The van der Waals surface area contributed by atoms with Gasteiger partial charge < -0.3 is 5.11 Å². The summed E-state index contributed by atoms with van der Waals surface area (Å²) in [5.74, 6) is 0.00327. The van der Waals surface area contributed by atoms with E-state index in [0.717, 1.165) is 12.8 Å². The highest BCUT2D eigenvalue weighted by Crippen LogP contribution is 2.40. The predicted octanol–water partition coefficient (Wildman–Crippen LogP) is 3.00. The molecule has 0 saturated heterocycles. The number of carbonyl (C=O) groups is 1.